The van der Waals surface area contributed by atoms with Crippen LogP contribution in [-0.4, -0.2) is 20.9 Å². The number of aryl methyl sites for hydroxylation is 3. The molecule has 0 radical (unpaired) electrons. The van der Waals surface area contributed by atoms with Crippen LogP contribution in [0.2, 0.25) is 0 Å². The van der Waals surface area contributed by atoms with Crippen molar-refractivity contribution in [1.82, 2.24) is 9.78 Å². The Morgan fingerprint density at radius 2 is 2.16 bits per heavy atom. The molecule has 2 rings (SSSR count). The molecule has 0 spiro atoms. The third-order valence-corrected chi connectivity index (χ3v) is 2.99. The highest BCUT2D eigenvalue weighted by atomic mass is 16.5. The Bertz CT molecular complexity index is 617. The zero-order valence-corrected chi connectivity index (χ0v) is 11.2. The molecule has 5 nitrogen and oxygen atoms in total. The first-order chi connectivity index (χ1) is 8.99. The van der Waals surface area contributed by atoms with Gasteiger partial charge in [-0.3, -0.25) is 4.68 Å². The Balaban J connectivity index is 2.19. The average Bonchev–Trinajstić information content (AvgIpc) is 2.70. The maximum Gasteiger partial charge on any atom is 0.339 e. The molecule has 0 aliphatic heterocycles. The fourth-order valence-corrected chi connectivity index (χ4v) is 1.92. The Labute approximate surface area is 111 Å². The highest BCUT2D eigenvalue weighted by Gasteiger charge is 2.15. The number of carboxylic acid groups (broad SMARTS) is 1. The van der Waals surface area contributed by atoms with Gasteiger partial charge in [0.15, 0.2) is 0 Å². The van der Waals surface area contributed by atoms with Crippen molar-refractivity contribution in [2.75, 3.05) is 0 Å². The highest BCUT2D eigenvalue weighted by Crippen LogP contribution is 2.20. The van der Waals surface area contributed by atoms with Gasteiger partial charge in [-0.15, -0.1) is 0 Å². The van der Waals surface area contributed by atoms with Crippen molar-refractivity contribution in [3.63, 3.8) is 0 Å². The van der Waals surface area contributed by atoms with Crippen molar-refractivity contribution in [3.8, 4) is 5.75 Å². The van der Waals surface area contributed by atoms with Crippen LogP contribution in [0.4, 0.5) is 0 Å². The molecule has 0 saturated carbocycles. The van der Waals surface area contributed by atoms with Gasteiger partial charge in [-0.2, -0.15) is 5.10 Å². The molecule has 5 heteroatoms. The lowest BCUT2D eigenvalue weighted by molar-refractivity contribution is 0.0693. The Hall–Kier alpha value is -2.30. The van der Waals surface area contributed by atoms with Crippen LogP contribution in [0.25, 0.3) is 0 Å². The molecule has 0 atom stereocenters. The monoisotopic (exact) mass is 260 g/mol. The second-order valence-electron chi connectivity index (χ2n) is 4.49. The summed E-state index contributed by atoms with van der Waals surface area (Å²) in [5, 5.41) is 13.0. The van der Waals surface area contributed by atoms with E-state index in [0.29, 0.717) is 5.69 Å². The second kappa shape index (κ2) is 5.14. The highest BCUT2D eigenvalue weighted by molar-refractivity contribution is 5.88. The zero-order chi connectivity index (χ0) is 14.0. The van der Waals surface area contributed by atoms with Crippen LogP contribution in [0.5, 0.6) is 5.75 Å². The summed E-state index contributed by atoms with van der Waals surface area (Å²) in [6.45, 7) is 4.16. The Kier molecular flexibility index (Phi) is 3.55. The van der Waals surface area contributed by atoms with E-state index in [2.05, 4.69) is 5.10 Å². The van der Waals surface area contributed by atoms with Gasteiger partial charge >= 0.3 is 5.97 Å². The lowest BCUT2D eigenvalue weighted by Gasteiger charge is -2.10. The predicted molar refractivity (Wildman–Crippen MR) is 70.4 cm³/mol. The minimum absolute atomic E-state index is 0.173. The summed E-state index contributed by atoms with van der Waals surface area (Å²) < 4.78 is 7.20. The number of benzene rings is 1. The third-order valence-electron chi connectivity index (χ3n) is 2.99. The lowest BCUT2D eigenvalue weighted by Crippen LogP contribution is -2.08. The van der Waals surface area contributed by atoms with E-state index < -0.39 is 5.97 Å². The summed E-state index contributed by atoms with van der Waals surface area (Å²) in [6, 6.07) is 5.88. The van der Waals surface area contributed by atoms with Gasteiger partial charge in [-0.25, -0.2) is 4.79 Å². The first-order valence-electron chi connectivity index (χ1n) is 5.93. The quantitative estimate of drug-likeness (QED) is 0.916. The van der Waals surface area contributed by atoms with Gasteiger partial charge in [0, 0.05) is 7.05 Å². The normalized spacial score (nSPS) is 10.5. The van der Waals surface area contributed by atoms with Crippen molar-refractivity contribution in [2.24, 2.45) is 7.05 Å². The van der Waals surface area contributed by atoms with E-state index in [-0.39, 0.29) is 12.2 Å². The molecule has 0 fully saturated rings. The van der Waals surface area contributed by atoms with Gasteiger partial charge in [-0.05, 0) is 25.5 Å². The van der Waals surface area contributed by atoms with Gasteiger partial charge in [0.2, 0.25) is 0 Å². The van der Waals surface area contributed by atoms with E-state index in [1.165, 1.54) is 10.9 Å². The molecule has 0 saturated heterocycles. The van der Waals surface area contributed by atoms with Crippen LogP contribution in [0.3, 0.4) is 0 Å². The number of nitrogens with zero attached hydrogens (tertiary/aromatic N) is 2. The molecule has 1 aromatic carbocycles. The number of aromatic carboxylic acids is 1. The predicted octanol–water partition coefficient (Wildman–Crippen LogP) is 2.31. The van der Waals surface area contributed by atoms with Crippen LogP contribution in [0, 0.1) is 13.8 Å². The topological polar surface area (TPSA) is 64.3 Å². The summed E-state index contributed by atoms with van der Waals surface area (Å²) in [6.07, 6.45) is 1.34. The van der Waals surface area contributed by atoms with Crippen LogP contribution in [0.15, 0.2) is 24.4 Å². The van der Waals surface area contributed by atoms with Crippen molar-refractivity contribution in [3.05, 3.63) is 46.8 Å². The molecule has 1 aromatic heterocycles. The number of rotatable bonds is 4. The van der Waals surface area contributed by atoms with Crippen molar-refractivity contribution in [1.29, 1.82) is 0 Å². The number of carboxylic acids is 1. The molecule has 2 aromatic rings. The van der Waals surface area contributed by atoms with Crippen LogP contribution >= 0.6 is 0 Å². The molecule has 0 aliphatic carbocycles. The largest absolute Gasteiger partial charge is 0.487 e. The first-order valence-corrected chi connectivity index (χ1v) is 5.93. The van der Waals surface area contributed by atoms with Crippen LogP contribution in [0.1, 0.15) is 27.2 Å². The molecule has 0 unspecified atom stereocenters. The molecule has 1 N–H and O–H groups in total. The minimum Gasteiger partial charge on any atom is -0.487 e. The van der Waals surface area contributed by atoms with Crippen LogP contribution in [-0.2, 0) is 13.7 Å². The standard InChI is InChI=1S/C14H16N2O3/c1-9-4-5-13(10(2)6-9)19-8-12-11(14(17)18)7-15-16(12)3/h4-7H,8H2,1-3H3,(H,17,18). The number of hydrogen-bond donors (Lipinski definition) is 1. The van der Waals surface area contributed by atoms with E-state index in [0.717, 1.165) is 16.9 Å². The second-order valence-corrected chi connectivity index (χ2v) is 4.49. The Morgan fingerprint density at radius 1 is 1.42 bits per heavy atom. The molecular weight excluding hydrogens is 244 g/mol. The van der Waals surface area contributed by atoms with Gasteiger partial charge in [-0.1, -0.05) is 17.7 Å². The summed E-state index contributed by atoms with van der Waals surface area (Å²) in [5.41, 5.74) is 2.91. The molecule has 0 amide bonds. The van der Waals surface area contributed by atoms with E-state index >= 15 is 0 Å². The van der Waals surface area contributed by atoms with Crippen molar-refractivity contribution < 1.29 is 14.6 Å². The Morgan fingerprint density at radius 3 is 2.79 bits per heavy atom. The maximum atomic E-state index is 11.0. The van der Waals surface area contributed by atoms with Gasteiger partial charge in [0.05, 0.1) is 11.9 Å². The first kappa shape index (κ1) is 13.1. The number of hydrogen-bond acceptors (Lipinski definition) is 3. The molecule has 1 heterocycles. The average molecular weight is 260 g/mol. The van der Waals surface area contributed by atoms with E-state index in [9.17, 15) is 4.79 Å². The number of carbonyl (C=O) groups is 1. The van der Waals surface area contributed by atoms with E-state index in [1.54, 1.807) is 7.05 Å². The minimum atomic E-state index is -0.993. The summed E-state index contributed by atoms with van der Waals surface area (Å²) >= 11 is 0. The molecule has 19 heavy (non-hydrogen) atoms. The maximum absolute atomic E-state index is 11.0. The fourth-order valence-electron chi connectivity index (χ4n) is 1.92. The van der Waals surface area contributed by atoms with E-state index in [4.69, 9.17) is 9.84 Å². The number of aromatic nitrogens is 2. The molecule has 0 bridgehead atoms. The van der Waals surface area contributed by atoms with Crippen molar-refractivity contribution in [2.45, 2.75) is 20.5 Å². The van der Waals surface area contributed by atoms with E-state index in [1.807, 2.05) is 32.0 Å². The summed E-state index contributed by atoms with van der Waals surface area (Å²) in [4.78, 5) is 11.0. The van der Waals surface area contributed by atoms with Gasteiger partial charge in [0.1, 0.15) is 17.9 Å². The summed E-state index contributed by atoms with van der Waals surface area (Å²) in [7, 11) is 1.70. The van der Waals surface area contributed by atoms with Crippen molar-refractivity contribution >= 4 is 5.97 Å². The SMILES string of the molecule is Cc1ccc(OCc2c(C(=O)O)cnn2C)c(C)c1. The van der Waals surface area contributed by atoms with Gasteiger partial charge in [0.25, 0.3) is 0 Å². The molecular formula is C14H16N2O3. The lowest BCUT2D eigenvalue weighted by atomic mass is 10.1. The fraction of sp³-hybridized carbons (Fsp3) is 0.286. The summed E-state index contributed by atoms with van der Waals surface area (Å²) in [5.74, 6) is -0.240. The third kappa shape index (κ3) is 2.76. The van der Waals surface area contributed by atoms with Gasteiger partial charge < -0.3 is 9.84 Å². The van der Waals surface area contributed by atoms with Crippen LogP contribution < -0.4 is 4.74 Å². The molecule has 0 aliphatic rings. The smallest absolute Gasteiger partial charge is 0.339 e. The molecule has 100 valence electrons. The zero-order valence-electron chi connectivity index (χ0n) is 11.2. The number of ether oxygens (including phenoxy) is 1.